The normalized spacial score (nSPS) is 14.0. The van der Waals surface area contributed by atoms with E-state index in [1.807, 2.05) is 55.4 Å². The first-order valence-electron chi connectivity index (χ1n) is 10.2. The molecule has 0 spiro atoms. The van der Waals surface area contributed by atoms with Crippen molar-refractivity contribution in [1.29, 1.82) is 0 Å². The van der Waals surface area contributed by atoms with E-state index in [-0.39, 0.29) is 41.1 Å². The van der Waals surface area contributed by atoms with Crippen LogP contribution in [0, 0.1) is 5.92 Å². The Kier molecular flexibility index (Phi) is 8.06. The molecule has 1 aromatic carbocycles. The molecule has 7 heteroatoms. The molecule has 1 amide bonds. The lowest BCUT2D eigenvalue weighted by atomic mass is 9.78. The van der Waals surface area contributed by atoms with Crippen LogP contribution in [0.1, 0.15) is 78.5 Å². The molecule has 0 aliphatic heterocycles. The van der Waals surface area contributed by atoms with Gasteiger partial charge in [0, 0.05) is 12.8 Å². The number of carbonyl (C=O) groups is 2. The van der Waals surface area contributed by atoms with Crippen LogP contribution in [0.4, 0.5) is 0 Å². The highest BCUT2D eigenvalue weighted by Gasteiger charge is 2.29. The van der Waals surface area contributed by atoms with Gasteiger partial charge in [-0.25, -0.2) is 4.79 Å². The minimum Gasteiger partial charge on any atom is -0.507 e. The van der Waals surface area contributed by atoms with E-state index >= 15 is 0 Å². The fourth-order valence-electron chi connectivity index (χ4n) is 3.20. The SMILES string of the molecule is CC(C)CC(=NO)C(=O)NC(Cc1cc(C(C)(C)C)c(O)c(C(C)(C)C)c1)C(=O)O. The van der Waals surface area contributed by atoms with Gasteiger partial charge in [-0.3, -0.25) is 4.79 Å². The molecule has 1 unspecified atom stereocenters. The molecule has 168 valence electrons. The minimum absolute atomic E-state index is 0.0356. The van der Waals surface area contributed by atoms with Gasteiger partial charge in [-0.2, -0.15) is 0 Å². The second-order valence-corrected chi connectivity index (χ2v) is 10.3. The Morgan fingerprint density at radius 2 is 1.50 bits per heavy atom. The lowest BCUT2D eigenvalue weighted by Gasteiger charge is -2.28. The van der Waals surface area contributed by atoms with E-state index in [1.54, 1.807) is 12.1 Å². The second kappa shape index (κ2) is 9.49. The molecule has 0 saturated carbocycles. The van der Waals surface area contributed by atoms with Crippen LogP contribution in [-0.4, -0.2) is 39.1 Å². The van der Waals surface area contributed by atoms with Crippen LogP contribution < -0.4 is 5.32 Å². The van der Waals surface area contributed by atoms with Gasteiger partial charge < -0.3 is 20.7 Å². The van der Waals surface area contributed by atoms with Crippen molar-refractivity contribution >= 4 is 17.6 Å². The number of carboxylic acid groups (broad SMARTS) is 1. The molecule has 7 nitrogen and oxygen atoms in total. The highest BCUT2D eigenvalue weighted by Crippen LogP contribution is 2.40. The topological polar surface area (TPSA) is 119 Å². The first-order valence-corrected chi connectivity index (χ1v) is 10.2. The Labute approximate surface area is 179 Å². The van der Waals surface area contributed by atoms with E-state index < -0.39 is 17.9 Å². The summed E-state index contributed by atoms with van der Waals surface area (Å²) < 4.78 is 0. The van der Waals surface area contributed by atoms with Gasteiger partial charge in [0.05, 0.1) is 0 Å². The summed E-state index contributed by atoms with van der Waals surface area (Å²) in [7, 11) is 0. The van der Waals surface area contributed by atoms with Gasteiger partial charge in [0.25, 0.3) is 5.91 Å². The van der Waals surface area contributed by atoms with Crippen LogP contribution in [0.5, 0.6) is 5.75 Å². The Morgan fingerprint density at radius 3 is 1.83 bits per heavy atom. The van der Waals surface area contributed by atoms with Gasteiger partial charge >= 0.3 is 5.97 Å². The molecule has 0 bridgehead atoms. The van der Waals surface area contributed by atoms with Crippen LogP contribution in [0.25, 0.3) is 0 Å². The van der Waals surface area contributed by atoms with E-state index in [9.17, 15) is 19.8 Å². The Morgan fingerprint density at radius 1 is 1.03 bits per heavy atom. The van der Waals surface area contributed by atoms with Crippen LogP contribution >= 0.6 is 0 Å². The molecular formula is C23H36N2O5. The summed E-state index contributed by atoms with van der Waals surface area (Å²) in [6, 6.07) is 2.38. The smallest absolute Gasteiger partial charge is 0.326 e. The van der Waals surface area contributed by atoms with Gasteiger partial charge in [-0.15, -0.1) is 0 Å². The van der Waals surface area contributed by atoms with Crippen molar-refractivity contribution in [2.75, 3.05) is 0 Å². The molecule has 0 fully saturated rings. The van der Waals surface area contributed by atoms with Crippen LogP contribution in [0.2, 0.25) is 0 Å². The molecule has 1 atom stereocenters. The zero-order valence-corrected chi connectivity index (χ0v) is 19.3. The molecule has 1 rings (SSSR count). The first-order chi connectivity index (χ1) is 13.6. The maximum atomic E-state index is 12.4. The second-order valence-electron chi connectivity index (χ2n) is 10.3. The zero-order valence-electron chi connectivity index (χ0n) is 19.3. The predicted octanol–water partition coefficient (Wildman–Crippen LogP) is 3.98. The number of aliphatic carboxylic acids is 1. The van der Waals surface area contributed by atoms with Crippen molar-refractivity contribution in [3.8, 4) is 5.75 Å². The van der Waals surface area contributed by atoms with E-state index in [2.05, 4.69) is 10.5 Å². The van der Waals surface area contributed by atoms with Crippen molar-refractivity contribution in [1.82, 2.24) is 5.32 Å². The number of nitrogens with one attached hydrogen (secondary N) is 1. The van der Waals surface area contributed by atoms with Crippen LogP contribution in [0.15, 0.2) is 17.3 Å². The molecular weight excluding hydrogens is 384 g/mol. The Bertz CT molecular complexity index is 779. The number of oxime groups is 1. The molecule has 1 aromatic rings. The van der Waals surface area contributed by atoms with E-state index in [0.29, 0.717) is 5.56 Å². The summed E-state index contributed by atoms with van der Waals surface area (Å²) in [6.07, 6.45) is 0.268. The number of phenols is 1. The van der Waals surface area contributed by atoms with Crippen molar-refractivity contribution < 1.29 is 25.0 Å². The third-order valence-corrected chi connectivity index (χ3v) is 4.81. The Balaban J connectivity index is 3.32. The molecule has 0 aromatic heterocycles. The lowest BCUT2D eigenvalue weighted by Crippen LogP contribution is -2.45. The largest absolute Gasteiger partial charge is 0.507 e. The molecule has 4 N–H and O–H groups in total. The van der Waals surface area contributed by atoms with Gasteiger partial charge in [0.15, 0.2) is 0 Å². The number of rotatable bonds is 7. The average molecular weight is 421 g/mol. The van der Waals surface area contributed by atoms with Gasteiger partial charge in [0.2, 0.25) is 0 Å². The van der Waals surface area contributed by atoms with Crippen LogP contribution in [-0.2, 0) is 26.8 Å². The number of carbonyl (C=O) groups excluding carboxylic acids is 1. The third-order valence-electron chi connectivity index (χ3n) is 4.81. The molecule has 0 radical (unpaired) electrons. The van der Waals surface area contributed by atoms with Crippen LogP contribution in [0.3, 0.4) is 0 Å². The molecule has 30 heavy (non-hydrogen) atoms. The summed E-state index contributed by atoms with van der Waals surface area (Å²) in [6.45, 7) is 15.6. The van der Waals surface area contributed by atoms with Gasteiger partial charge in [-0.1, -0.05) is 72.7 Å². The minimum atomic E-state index is -1.20. The summed E-state index contributed by atoms with van der Waals surface area (Å²) >= 11 is 0. The standard InChI is InChI=1S/C23H36N2O5/c1-13(2)9-17(25-30)20(27)24-18(21(28)29)12-14-10-15(22(3,4)5)19(26)16(11-14)23(6,7)8/h10-11,13,18,26,30H,9,12H2,1-8H3,(H,24,27)(H,28,29). The number of phenolic OH excluding ortho intramolecular Hbond substituents is 1. The highest BCUT2D eigenvalue weighted by atomic mass is 16.4. The number of hydrogen-bond donors (Lipinski definition) is 4. The zero-order chi connectivity index (χ0) is 23.4. The molecule has 0 aliphatic rings. The summed E-state index contributed by atoms with van der Waals surface area (Å²) in [5.41, 5.74) is 1.33. The fourth-order valence-corrected chi connectivity index (χ4v) is 3.20. The van der Waals surface area contributed by atoms with Crippen molar-refractivity contribution in [3.63, 3.8) is 0 Å². The quantitative estimate of drug-likeness (QED) is 0.302. The number of amides is 1. The Hall–Kier alpha value is -2.57. The first kappa shape index (κ1) is 25.5. The average Bonchev–Trinajstić information content (AvgIpc) is 2.57. The van der Waals surface area contributed by atoms with Crippen molar-refractivity contribution in [2.45, 2.75) is 85.1 Å². The lowest BCUT2D eigenvalue weighted by molar-refractivity contribution is -0.141. The summed E-state index contributed by atoms with van der Waals surface area (Å²) in [5.74, 6) is -1.61. The number of hydrogen-bond acceptors (Lipinski definition) is 5. The number of nitrogens with zero attached hydrogens (tertiary/aromatic N) is 1. The molecule has 0 heterocycles. The number of aromatic hydroxyl groups is 1. The number of carboxylic acids is 1. The maximum Gasteiger partial charge on any atom is 0.326 e. The van der Waals surface area contributed by atoms with E-state index in [4.69, 9.17) is 5.21 Å². The maximum absolute atomic E-state index is 12.4. The predicted molar refractivity (Wildman–Crippen MR) is 117 cm³/mol. The number of benzene rings is 1. The van der Waals surface area contributed by atoms with Gasteiger partial charge in [0.1, 0.15) is 17.5 Å². The summed E-state index contributed by atoms with van der Waals surface area (Å²) in [5, 5.41) is 35.1. The third kappa shape index (κ3) is 6.75. The van der Waals surface area contributed by atoms with Gasteiger partial charge in [-0.05, 0) is 33.4 Å². The summed E-state index contributed by atoms with van der Waals surface area (Å²) in [4.78, 5) is 24.3. The fraction of sp³-hybridized carbons (Fsp3) is 0.609. The van der Waals surface area contributed by atoms with E-state index in [0.717, 1.165) is 11.1 Å². The van der Waals surface area contributed by atoms with Crippen molar-refractivity contribution in [2.24, 2.45) is 11.1 Å². The molecule has 0 saturated heterocycles. The van der Waals surface area contributed by atoms with E-state index in [1.165, 1.54) is 0 Å². The highest BCUT2D eigenvalue weighted by molar-refractivity contribution is 6.39. The van der Waals surface area contributed by atoms with Crippen molar-refractivity contribution in [3.05, 3.63) is 28.8 Å². The molecule has 0 aliphatic carbocycles. The monoisotopic (exact) mass is 420 g/mol.